The third-order valence-electron chi connectivity index (χ3n) is 6.10. The van der Waals surface area contributed by atoms with E-state index in [4.69, 9.17) is 10.8 Å². The van der Waals surface area contributed by atoms with Gasteiger partial charge in [0.05, 0.1) is 6.04 Å². The fraction of sp³-hybridized carbons (Fsp3) is 0.409. The maximum atomic E-state index is 12.3. The van der Waals surface area contributed by atoms with Crippen LogP contribution in [0.4, 0.5) is 5.82 Å². The Morgan fingerprint density at radius 1 is 1.21 bits per heavy atom. The van der Waals surface area contributed by atoms with E-state index in [1.165, 1.54) is 6.08 Å². The number of fused-ring (bicyclic) bond motifs is 1. The Bertz CT molecular complexity index is 939. The number of benzene rings is 1. The predicted molar refractivity (Wildman–Crippen MR) is 113 cm³/mol. The monoisotopic (exact) mass is 393 g/mol. The lowest BCUT2D eigenvalue weighted by molar-refractivity contribution is -0.127. The number of hydrogen-bond donors (Lipinski definition) is 2. The maximum absolute atomic E-state index is 12.3. The summed E-state index contributed by atoms with van der Waals surface area (Å²) < 4.78 is 1.97. The molecule has 0 radical (unpaired) electrons. The van der Waals surface area contributed by atoms with Gasteiger partial charge >= 0.3 is 0 Å². The minimum Gasteiger partial charge on any atom is -0.370 e. The minimum absolute atomic E-state index is 0.00814. The lowest BCUT2D eigenvalue weighted by Crippen LogP contribution is -2.41. The van der Waals surface area contributed by atoms with Crippen molar-refractivity contribution < 1.29 is 9.59 Å². The Balaban J connectivity index is 1.66. The number of hydrogen-bond acceptors (Lipinski definition) is 4. The molecule has 1 saturated heterocycles. The number of nitrogens with one attached hydrogen (secondary N) is 1. The molecule has 2 amide bonds. The van der Waals surface area contributed by atoms with Crippen LogP contribution in [0, 0.1) is 12.8 Å². The number of carbonyl (C=O) groups excluding carboxylic acids is 2. The van der Waals surface area contributed by atoms with E-state index in [0.29, 0.717) is 23.0 Å². The molecule has 0 bridgehead atoms. The van der Waals surface area contributed by atoms with Gasteiger partial charge in [-0.15, -0.1) is 0 Å². The molecule has 152 valence electrons. The number of likely N-dealkylation sites (tertiary alicyclic amines) is 1. The van der Waals surface area contributed by atoms with Gasteiger partial charge in [-0.3, -0.25) is 9.59 Å². The number of primary amides is 1. The molecule has 1 fully saturated rings. The van der Waals surface area contributed by atoms with E-state index >= 15 is 0 Å². The van der Waals surface area contributed by atoms with E-state index in [9.17, 15) is 9.59 Å². The van der Waals surface area contributed by atoms with Crippen molar-refractivity contribution in [3.63, 3.8) is 0 Å². The van der Waals surface area contributed by atoms with Crippen LogP contribution in [0.3, 0.4) is 0 Å². The highest BCUT2D eigenvalue weighted by Crippen LogP contribution is 2.39. The van der Waals surface area contributed by atoms with Crippen LogP contribution in [-0.2, 0) is 4.79 Å². The second-order valence-electron chi connectivity index (χ2n) is 7.90. The summed E-state index contributed by atoms with van der Waals surface area (Å²) in [5.41, 5.74) is 8.88. The third kappa shape index (κ3) is 3.52. The summed E-state index contributed by atoms with van der Waals surface area (Å²) in [6, 6.07) is 8.16. The Morgan fingerprint density at radius 2 is 1.90 bits per heavy atom. The first-order valence-electron chi connectivity index (χ1n) is 10.1. The van der Waals surface area contributed by atoms with Gasteiger partial charge in [0.25, 0.3) is 5.91 Å². The van der Waals surface area contributed by atoms with Gasteiger partial charge in [0, 0.05) is 25.2 Å². The SMILES string of the molecule is C=CC(=O)N1CCC([C@@H]2CCNc3c(C(N)=O)c(-c4ccc(C)cc4)nn32)CC1. The molecule has 29 heavy (non-hydrogen) atoms. The van der Waals surface area contributed by atoms with E-state index in [2.05, 4.69) is 11.9 Å². The number of anilines is 1. The highest BCUT2D eigenvalue weighted by atomic mass is 16.2. The molecule has 2 aliphatic heterocycles. The molecule has 0 aliphatic carbocycles. The number of aryl methyl sites for hydroxylation is 1. The molecule has 1 aromatic carbocycles. The zero-order valence-electron chi connectivity index (χ0n) is 16.7. The zero-order valence-corrected chi connectivity index (χ0v) is 16.7. The van der Waals surface area contributed by atoms with Crippen LogP contribution in [0.25, 0.3) is 11.3 Å². The van der Waals surface area contributed by atoms with Crippen molar-refractivity contribution in [1.82, 2.24) is 14.7 Å². The summed E-state index contributed by atoms with van der Waals surface area (Å²) in [6.07, 6.45) is 4.13. The van der Waals surface area contributed by atoms with E-state index in [1.807, 2.05) is 40.8 Å². The fourth-order valence-electron chi connectivity index (χ4n) is 4.52. The summed E-state index contributed by atoms with van der Waals surface area (Å²) in [7, 11) is 0. The van der Waals surface area contributed by atoms with E-state index < -0.39 is 5.91 Å². The van der Waals surface area contributed by atoms with Crippen LogP contribution in [0.5, 0.6) is 0 Å². The average Bonchev–Trinajstić information content (AvgIpc) is 3.13. The molecule has 0 spiro atoms. The molecule has 1 aromatic heterocycles. The first kappa shape index (κ1) is 19.2. The smallest absolute Gasteiger partial charge is 0.254 e. The minimum atomic E-state index is -0.471. The number of rotatable bonds is 4. The number of nitrogens with two attached hydrogens (primary N) is 1. The van der Waals surface area contributed by atoms with Gasteiger partial charge in [-0.25, -0.2) is 4.68 Å². The van der Waals surface area contributed by atoms with E-state index in [-0.39, 0.29) is 11.9 Å². The Hall–Kier alpha value is -3.09. The molecule has 7 heteroatoms. The molecular weight excluding hydrogens is 366 g/mol. The van der Waals surface area contributed by atoms with Crippen molar-refractivity contribution >= 4 is 17.6 Å². The van der Waals surface area contributed by atoms with Crippen molar-refractivity contribution in [3.8, 4) is 11.3 Å². The summed E-state index contributed by atoms with van der Waals surface area (Å²) >= 11 is 0. The molecular formula is C22H27N5O2. The number of amides is 2. The normalized spacial score (nSPS) is 19.3. The largest absolute Gasteiger partial charge is 0.370 e. The fourth-order valence-corrected chi connectivity index (χ4v) is 4.52. The summed E-state index contributed by atoms with van der Waals surface area (Å²) in [5, 5.41) is 8.20. The zero-order chi connectivity index (χ0) is 20.5. The Labute approximate surface area is 170 Å². The molecule has 1 atom stereocenters. The average molecular weight is 393 g/mol. The standard InChI is InChI=1S/C22H27N5O2/c1-3-18(28)26-12-9-15(10-13-26)17-8-11-24-22-19(21(23)29)20(25-27(17)22)16-6-4-14(2)5-7-16/h3-7,15,17,24H,1,8-13H2,2H3,(H2,23,29)/t17-/m0/s1. The van der Waals surface area contributed by atoms with E-state index in [0.717, 1.165) is 50.0 Å². The molecule has 0 unspecified atom stereocenters. The molecule has 4 rings (SSSR count). The number of aromatic nitrogens is 2. The number of nitrogens with zero attached hydrogens (tertiary/aromatic N) is 3. The summed E-state index contributed by atoms with van der Waals surface area (Å²) in [4.78, 5) is 26.0. The molecule has 7 nitrogen and oxygen atoms in total. The van der Waals surface area contributed by atoms with Crippen molar-refractivity contribution in [1.29, 1.82) is 0 Å². The summed E-state index contributed by atoms with van der Waals surface area (Å²) in [5.74, 6) is 0.637. The highest BCUT2D eigenvalue weighted by molar-refractivity contribution is 6.03. The van der Waals surface area contributed by atoms with E-state index in [1.54, 1.807) is 0 Å². The molecule has 3 heterocycles. The van der Waals surface area contributed by atoms with Crippen LogP contribution in [0.1, 0.15) is 41.2 Å². The lowest BCUT2D eigenvalue weighted by Gasteiger charge is -2.38. The van der Waals surface area contributed by atoms with Gasteiger partial charge in [0.15, 0.2) is 0 Å². The number of piperidine rings is 1. The van der Waals surface area contributed by atoms with Crippen LogP contribution in [-0.4, -0.2) is 46.1 Å². The second-order valence-corrected chi connectivity index (χ2v) is 7.90. The van der Waals surface area contributed by atoms with Crippen molar-refractivity contribution in [2.45, 2.75) is 32.2 Å². The highest BCUT2D eigenvalue weighted by Gasteiger charge is 2.35. The maximum Gasteiger partial charge on any atom is 0.254 e. The molecule has 2 aromatic rings. The Morgan fingerprint density at radius 3 is 2.52 bits per heavy atom. The molecule has 3 N–H and O–H groups in total. The lowest BCUT2D eigenvalue weighted by atomic mass is 9.87. The first-order chi connectivity index (χ1) is 14.0. The predicted octanol–water partition coefficient (Wildman–Crippen LogP) is 2.74. The van der Waals surface area contributed by atoms with Crippen molar-refractivity contribution in [2.24, 2.45) is 11.7 Å². The van der Waals surface area contributed by atoms with Gasteiger partial charge in [-0.1, -0.05) is 36.4 Å². The summed E-state index contributed by atoms with van der Waals surface area (Å²) in [6.45, 7) is 7.83. The van der Waals surface area contributed by atoms with Crippen molar-refractivity contribution in [2.75, 3.05) is 25.0 Å². The Kier molecular flexibility index (Phi) is 5.13. The van der Waals surface area contributed by atoms with Gasteiger partial charge in [-0.05, 0) is 38.2 Å². The van der Waals surface area contributed by atoms with Gasteiger partial charge < -0.3 is 16.0 Å². The van der Waals surface area contributed by atoms with Crippen LogP contribution in [0.15, 0.2) is 36.9 Å². The number of carbonyl (C=O) groups is 2. The molecule has 2 aliphatic rings. The van der Waals surface area contributed by atoms with Crippen LogP contribution < -0.4 is 11.1 Å². The molecule has 0 saturated carbocycles. The van der Waals surface area contributed by atoms with Gasteiger partial charge in [0.1, 0.15) is 17.1 Å². The topological polar surface area (TPSA) is 93.2 Å². The first-order valence-corrected chi connectivity index (χ1v) is 10.1. The van der Waals surface area contributed by atoms with Gasteiger partial charge in [-0.2, -0.15) is 5.10 Å². The van der Waals surface area contributed by atoms with Crippen molar-refractivity contribution in [3.05, 3.63) is 48.0 Å². The third-order valence-corrected chi connectivity index (χ3v) is 6.10. The van der Waals surface area contributed by atoms with Crippen LogP contribution in [0.2, 0.25) is 0 Å². The quantitative estimate of drug-likeness (QED) is 0.781. The van der Waals surface area contributed by atoms with Crippen LogP contribution >= 0.6 is 0 Å². The van der Waals surface area contributed by atoms with Gasteiger partial charge in [0.2, 0.25) is 5.91 Å². The second kappa shape index (κ2) is 7.73.